The summed E-state index contributed by atoms with van der Waals surface area (Å²) in [6, 6.07) is 7.62. The Morgan fingerprint density at radius 3 is 2.67 bits per heavy atom. The molecule has 3 nitrogen and oxygen atoms in total. The van der Waals surface area contributed by atoms with Gasteiger partial charge in [-0.25, -0.2) is 0 Å². The Hall–Kier alpha value is -1.35. The number of hydrogen-bond donors (Lipinski definition) is 0. The van der Waals surface area contributed by atoms with Gasteiger partial charge in [-0.05, 0) is 30.5 Å². The number of aryl methyl sites for hydroxylation is 1. The van der Waals surface area contributed by atoms with E-state index in [-0.39, 0.29) is 5.97 Å². The van der Waals surface area contributed by atoms with Crippen LogP contribution in [0.4, 0.5) is 0 Å². The summed E-state index contributed by atoms with van der Waals surface area (Å²) in [7, 11) is 0. The minimum absolute atomic E-state index is 0.283. The van der Waals surface area contributed by atoms with E-state index in [1.165, 1.54) is 12.5 Å². The first-order valence-electron chi connectivity index (χ1n) is 5.13. The maximum Gasteiger partial charge on any atom is 0.308 e. The molecule has 2 rings (SSSR count). The zero-order valence-corrected chi connectivity index (χ0v) is 8.73. The van der Waals surface area contributed by atoms with Crippen LogP contribution in [0.15, 0.2) is 24.3 Å². The molecule has 0 amide bonds. The molecule has 1 saturated heterocycles. The van der Waals surface area contributed by atoms with Crippen LogP contribution < -0.4 is 4.74 Å². The molecule has 1 aromatic carbocycles. The lowest BCUT2D eigenvalue weighted by Gasteiger charge is -2.02. The highest BCUT2D eigenvalue weighted by atomic mass is 16.6. The third kappa shape index (κ3) is 3.36. The van der Waals surface area contributed by atoms with Crippen molar-refractivity contribution in [2.45, 2.75) is 25.9 Å². The van der Waals surface area contributed by atoms with E-state index in [1.807, 2.05) is 24.3 Å². The minimum atomic E-state index is -0.283. The third-order valence-electron chi connectivity index (χ3n) is 2.34. The Kier molecular flexibility index (Phi) is 3.02. The fourth-order valence-electron chi connectivity index (χ4n) is 1.45. The van der Waals surface area contributed by atoms with Crippen LogP contribution in [-0.4, -0.2) is 18.7 Å². The van der Waals surface area contributed by atoms with E-state index >= 15 is 0 Å². The zero-order chi connectivity index (χ0) is 10.7. The van der Waals surface area contributed by atoms with Crippen molar-refractivity contribution in [1.29, 1.82) is 0 Å². The fraction of sp³-hybridized carbons (Fsp3) is 0.417. The van der Waals surface area contributed by atoms with Crippen molar-refractivity contribution in [3.63, 3.8) is 0 Å². The van der Waals surface area contributed by atoms with Crippen molar-refractivity contribution in [3.05, 3.63) is 29.8 Å². The molecule has 1 heterocycles. The molecule has 0 aliphatic carbocycles. The van der Waals surface area contributed by atoms with E-state index in [4.69, 9.17) is 9.47 Å². The smallest absolute Gasteiger partial charge is 0.308 e. The Bertz CT molecular complexity index is 338. The van der Waals surface area contributed by atoms with Gasteiger partial charge in [0.05, 0.1) is 12.7 Å². The molecule has 1 atom stereocenters. The lowest BCUT2D eigenvalue weighted by atomic mass is 10.1. The van der Waals surface area contributed by atoms with Crippen molar-refractivity contribution < 1.29 is 14.3 Å². The Morgan fingerprint density at radius 2 is 2.13 bits per heavy atom. The van der Waals surface area contributed by atoms with Crippen LogP contribution in [0.1, 0.15) is 18.9 Å². The van der Waals surface area contributed by atoms with E-state index in [2.05, 4.69) is 0 Å². The van der Waals surface area contributed by atoms with Crippen LogP contribution in [-0.2, 0) is 16.0 Å². The average molecular weight is 206 g/mol. The molecule has 0 N–H and O–H groups in total. The molecule has 1 aromatic rings. The second kappa shape index (κ2) is 4.45. The molecule has 1 unspecified atom stereocenters. The lowest BCUT2D eigenvalue weighted by molar-refractivity contribution is -0.131. The summed E-state index contributed by atoms with van der Waals surface area (Å²) in [5.41, 5.74) is 1.25. The molecule has 1 fully saturated rings. The van der Waals surface area contributed by atoms with Crippen LogP contribution in [0.2, 0.25) is 0 Å². The van der Waals surface area contributed by atoms with Crippen molar-refractivity contribution in [2.24, 2.45) is 0 Å². The third-order valence-corrected chi connectivity index (χ3v) is 2.34. The molecule has 0 spiro atoms. The van der Waals surface area contributed by atoms with Crippen molar-refractivity contribution in [3.8, 4) is 5.75 Å². The summed E-state index contributed by atoms with van der Waals surface area (Å²) in [4.78, 5) is 10.7. The van der Waals surface area contributed by atoms with Gasteiger partial charge in [-0.3, -0.25) is 4.79 Å². The summed E-state index contributed by atoms with van der Waals surface area (Å²) < 4.78 is 10.1. The van der Waals surface area contributed by atoms with E-state index in [0.717, 1.165) is 19.4 Å². The standard InChI is InChI=1S/C12H14O3/c1-9(13)15-11-5-2-10(3-6-11)4-7-12-8-14-12/h2-3,5-6,12H,4,7-8H2,1H3. The highest BCUT2D eigenvalue weighted by Gasteiger charge is 2.21. The van der Waals surface area contributed by atoms with Gasteiger partial charge < -0.3 is 9.47 Å². The summed E-state index contributed by atoms with van der Waals surface area (Å²) in [5, 5.41) is 0. The molecule has 0 aromatic heterocycles. The van der Waals surface area contributed by atoms with E-state index in [1.54, 1.807) is 0 Å². The van der Waals surface area contributed by atoms with Crippen LogP contribution in [0.5, 0.6) is 5.75 Å². The highest BCUT2D eigenvalue weighted by Crippen LogP contribution is 2.18. The van der Waals surface area contributed by atoms with Gasteiger partial charge in [0.25, 0.3) is 0 Å². The molecular formula is C12H14O3. The zero-order valence-electron chi connectivity index (χ0n) is 8.73. The van der Waals surface area contributed by atoms with Crippen LogP contribution in [0.3, 0.4) is 0 Å². The molecule has 15 heavy (non-hydrogen) atoms. The van der Waals surface area contributed by atoms with Gasteiger partial charge in [0, 0.05) is 6.92 Å². The average Bonchev–Trinajstić information content (AvgIpc) is 2.99. The number of benzene rings is 1. The number of rotatable bonds is 4. The van der Waals surface area contributed by atoms with Crippen molar-refractivity contribution in [1.82, 2.24) is 0 Å². The number of ether oxygens (including phenoxy) is 2. The van der Waals surface area contributed by atoms with Gasteiger partial charge in [-0.2, -0.15) is 0 Å². The SMILES string of the molecule is CC(=O)Oc1ccc(CCC2CO2)cc1. The van der Waals surface area contributed by atoms with E-state index < -0.39 is 0 Å². The van der Waals surface area contributed by atoms with Crippen LogP contribution >= 0.6 is 0 Å². The first-order valence-corrected chi connectivity index (χ1v) is 5.13. The largest absolute Gasteiger partial charge is 0.427 e. The summed E-state index contributed by atoms with van der Waals surface area (Å²) in [6.07, 6.45) is 2.57. The monoisotopic (exact) mass is 206 g/mol. The molecule has 0 saturated carbocycles. The van der Waals surface area contributed by atoms with E-state index in [0.29, 0.717) is 11.9 Å². The maximum atomic E-state index is 10.7. The predicted molar refractivity (Wildman–Crippen MR) is 55.8 cm³/mol. The molecule has 3 heteroatoms. The minimum Gasteiger partial charge on any atom is -0.427 e. The fourth-order valence-corrected chi connectivity index (χ4v) is 1.45. The Labute approximate surface area is 89.0 Å². The Morgan fingerprint density at radius 1 is 1.47 bits per heavy atom. The second-order valence-corrected chi connectivity index (χ2v) is 3.73. The second-order valence-electron chi connectivity index (χ2n) is 3.73. The van der Waals surface area contributed by atoms with Gasteiger partial charge >= 0.3 is 5.97 Å². The molecular weight excluding hydrogens is 192 g/mol. The molecule has 1 aliphatic heterocycles. The number of hydrogen-bond acceptors (Lipinski definition) is 3. The van der Waals surface area contributed by atoms with Crippen molar-refractivity contribution >= 4 is 5.97 Å². The molecule has 0 bridgehead atoms. The topological polar surface area (TPSA) is 38.8 Å². The summed E-state index contributed by atoms with van der Waals surface area (Å²) >= 11 is 0. The van der Waals surface area contributed by atoms with Gasteiger partial charge in [0.1, 0.15) is 5.75 Å². The number of carbonyl (C=O) groups is 1. The van der Waals surface area contributed by atoms with Gasteiger partial charge in [0.15, 0.2) is 0 Å². The van der Waals surface area contributed by atoms with Crippen molar-refractivity contribution in [2.75, 3.05) is 6.61 Å². The summed E-state index contributed by atoms with van der Waals surface area (Å²) in [5.74, 6) is 0.322. The molecule has 80 valence electrons. The van der Waals surface area contributed by atoms with Gasteiger partial charge in [-0.1, -0.05) is 12.1 Å². The molecule has 1 aliphatic rings. The number of carbonyl (C=O) groups excluding carboxylic acids is 1. The quantitative estimate of drug-likeness (QED) is 0.429. The van der Waals surface area contributed by atoms with Gasteiger partial charge in [0.2, 0.25) is 0 Å². The van der Waals surface area contributed by atoms with Crippen LogP contribution in [0.25, 0.3) is 0 Å². The number of epoxide rings is 1. The first kappa shape index (κ1) is 10.2. The highest BCUT2D eigenvalue weighted by molar-refractivity contribution is 5.69. The molecule has 0 radical (unpaired) electrons. The maximum absolute atomic E-state index is 10.7. The lowest BCUT2D eigenvalue weighted by Crippen LogP contribution is -2.01. The Balaban J connectivity index is 1.87. The van der Waals surface area contributed by atoms with Gasteiger partial charge in [-0.15, -0.1) is 0 Å². The summed E-state index contributed by atoms with van der Waals surface area (Å²) in [6.45, 7) is 2.31. The number of esters is 1. The first-order chi connectivity index (χ1) is 7.24. The van der Waals surface area contributed by atoms with Crippen LogP contribution in [0, 0.1) is 0 Å². The predicted octanol–water partition coefficient (Wildman–Crippen LogP) is 1.94. The normalized spacial score (nSPS) is 18.6. The van der Waals surface area contributed by atoms with E-state index in [9.17, 15) is 4.79 Å².